The molecule has 1 saturated heterocycles. The molecule has 7 heteroatoms. The van der Waals surface area contributed by atoms with Gasteiger partial charge in [0.15, 0.2) is 0 Å². The molecule has 0 aromatic carbocycles. The van der Waals surface area contributed by atoms with Crippen molar-refractivity contribution in [3.05, 3.63) is 0 Å². The van der Waals surface area contributed by atoms with Crippen LogP contribution in [0.25, 0.3) is 0 Å². The van der Waals surface area contributed by atoms with Crippen LogP contribution in [0.15, 0.2) is 0 Å². The minimum atomic E-state index is 0. The highest BCUT2D eigenvalue weighted by Crippen LogP contribution is 2.38. The summed E-state index contributed by atoms with van der Waals surface area (Å²) in [5, 5.41) is 6.36. The molecular weight excluding hydrogens is 337 g/mol. The van der Waals surface area contributed by atoms with Crippen molar-refractivity contribution in [2.45, 2.75) is 57.0 Å². The molecule has 1 aliphatic carbocycles. The second kappa shape index (κ2) is 11.5. The zero-order chi connectivity index (χ0) is 15.1. The lowest BCUT2D eigenvalue weighted by Crippen LogP contribution is -2.62. The first-order valence-corrected chi connectivity index (χ1v) is 8.46. The summed E-state index contributed by atoms with van der Waals surface area (Å²) >= 11 is 0. The summed E-state index contributed by atoms with van der Waals surface area (Å²) in [6.45, 7) is 6.74. The van der Waals surface area contributed by atoms with Gasteiger partial charge in [-0.05, 0) is 39.8 Å². The van der Waals surface area contributed by atoms with E-state index in [-0.39, 0.29) is 42.3 Å². The van der Waals surface area contributed by atoms with Gasteiger partial charge in [0.05, 0.1) is 13.2 Å². The van der Waals surface area contributed by atoms with E-state index in [4.69, 9.17) is 4.74 Å². The first-order valence-electron chi connectivity index (χ1n) is 8.46. The van der Waals surface area contributed by atoms with Gasteiger partial charge in [0.25, 0.3) is 0 Å². The molecule has 2 rings (SSSR count). The zero-order valence-electron chi connectivity index (χ0n) is 14.4. The second-order valence-corrected chi connectivity index (χ2v) is 6.41. The lowest BCUT2D eigenvalue weighted by atomic mass is 9.86. The summed E-state index contributed by atoms with van der Waals surface area (Å²) < 4.78 is 5.49. The largest absolute Gasteiger partial charge is 0.379 e. The highest BCUT2D eigenvalue weighted by molar-refractivity contribution is 5.85. The number of hydrogen-bond donors (Lipinski definition) is 2. The standard InChI is InChI=1S/C16H31N3O2.2ClH/c1-14(18-15(20)6-5-9-17-2)16(7-3-4-8-16)19-10-12-21-13-11-19;;/h14,17H,3-13H2,1-2H3,(H,18,20);2*1H. The number of nitrogens with one attached hydrogen (secondary N) is 2. The molecule has 0 spiro atoms. The van der Waals surface area contributed by atoms with Crippen molar-refractivity contribution < 1.29 is 9.53 Å². The molecule has 1 aliphatic heterocycles. The van der Waals surface area contributed by atoms with E-state index in [0.29, 0.717) is 6.42 Å². The van der Waals surface area contributed by atoms with Gasteiger partial charge in [-0.1, -0.05) is 12.8 Å². The van der Waals surface area contributed by atoms with Gasteiger partial charge in [-0.2, -0.15) is 0 Å². The molecule has 2 aliphatic rings. The SMILES string of the molecule is CNCCCC(=O)NC(C)C1(N2CCOCC2)CCCC1.Cl.Cl. The third kappa shape index (κ3) is 6.05. The Labute approximate surface area is 153 Å². The Morgan fingerprint density at radius 2 is 1.83 bits per heavy atom. The number of amides is 1. The van der Waals surface area contributed by atoms with E-state index < -0.39 is 0 Å². The molecule has 2 fully saturated rings. The van der Waals surface area contributed by atoms with Gasteiger partial charge in [-0.25, -0.2) is 0 Å². The lowest BCUT2D eigenvalue weighted by molar-refractivity contribution is -0.123. The first-order chi connectivity index (χ1) is 10.2. The molecule has 138 valence electrons. The van der Waals surface area contributed by atoms with Crippen LogP contribution in [0.5, 0.6) is 0 Å². The summed E-state index contributed by atoms with van der Waals surface area (Å²) in [6, 6.07) is 0.222. The number of carbonyl (C=O) groups is 1. The Morgan fingerprint density at radius 3 is 2.39 bits per heavy atom. The van der Waals surface area contributed by atoms with Crippen LogP contribution in [0.3, 0.4) is 0 Å². The summed E-state index contributed by atoms with van der Waals surface area (Å²) in [4.78, 5) is 14.7. The highest BCUT2D eigenvalue weighted by atomic mass is 35.5. The molecule has 23 heavy (non-hydrogen) atoms. The van der Waals surface area contributed by atoms with Crippen LogP contribution in [-0.4, -0.2) is 62.3 Å². The molecule has 1 atom stereocenters. The minimum Gasteiger partial charge on any atom is -0.379 e. The summed E-state index contributed by atoms with van der Waals surface area (Å²) in [5.41, 5.74) is 0.155. The third-order valence-corrected chi connectivity index (χ3v) is 5.12. The van der Waals surface area contributed by atoms with E-state index in [1.54, 1.807) is 0 Å². The van der Waals surface area contributed by atoms with Crippen LogP contribution in [0.1, 0.15) is 45.4 Å². The van der Waals surface area contributed by atoms with Crippen molar-refractivity contribution in [3.63, 3.8) is 0 Å². The van der Waals surface area contributed by atoms with Crippen LogP contribution in [0.2, 0.25) is 0 Å². The fraction of sp³-hybridized carbons (Fsp3) is 0.938. The van der Waals surface area contributed by atoms with Gasteiger partial charge in [0, 0.05) is 31.1 Å². The first kappa shape index (κ1) is 22.9. The molecule has 0 aromatic heterocycles. The number of rotatable bonds is 7. The molecular formula is C16H33Cl2N3O2. The topological polar surface area (TPSA) is 53.6 Å². The number of ether oxygens (including phenoxy) is 1. The average Bonchev–Trinajstić information content (AvgIpc) is 2.99. The molecule has 1 amide bonds. The Kier molecular flexibility index (Phi) is 11.4. The van der Waals surface area contributed by atoms with Crippen molar-refractivity contribution in [2.24, 2.45) is 0 Å². The average molecular weight is 370 g/mol. The summed E-state index contributed by atoms with van der Waals surface area (Å²) in [7, 11) is 1.92. The summed E-state index contributed by atoms with van der Waals surface area (Å²) in [6.07, 6.45) is 6.47. The molecule has 2 N–H and O–H groups in total. The molecule has 0 radical (unpaired) electrons. The van der Waals surface area contributed by atoms with E-state index in [9.17, 15) is 4.79 Å². The quantitative estimate of drug-likeness (QED) is 0.673. The number of hydrogen-bond acceptors (Lipinski definition) is 4. The maximum absolute atomic E-state index is 12.1. The fourth-order valence-electron chi connectivity index (χ4n) is 3.89. The van der Waals surface area contributed by atoms with Crippen molar-refractivity contribution in [1.82, 2.24) is 15.5 Å². The van der Waals surface area contributed by atoms with E-state index in [0.717, 1.165) is 39.3 Å². The molecule has 5 nitrogen and oxygen atoms in total. The number of carbonyl (C=O) groups excluding carboxylic acids is 1. The maximum Gasteiger partial charge on any atom is 0.220 e. The normalized spacial score (nSPS) is 21.8. The van der Waals surface area contributed by atoms with Crippen molar-refractivity contribution >= 4 is 30.7 Å². The van der Waals surface area contributed by atoms with Gasteiger partial charge in [0.2, 0.25) is 5.91 Å². The van der Waals surface area contributed by atoms with Gasteiger partial charge in [-0.15, -0.1) is 24.8 Å². The lowest BCUT2D eigenvalue weighted by Gasteiger charge is -2.47. The van der Waals surface area contributed by atoms with Gasteiger partial charge >= 0.3 is 0 Å². The smallest absolute Gasteiger partial charge is 0.220 e. The van der Waals surface area contributed by atoms with E-state index in [2.05, 4.69) is 22.5 Å². The minimum absolute atomic E-state index is 0. The predicted molar refractivity (Wildman–Crippen MR) is 98.9 cm³/mol. The van der Waals surface area contributed by atoms with Gasteiger partial charge in [0.1, 0.15) is 0 Å². The van der Waals surface area contributed by atoms with Crippen LogP contribution in [0.4, 0.5) is 0 Å². The van der Waals surface area contributed by atoms with Crippen molar-refractivity contribution in [1.29, 1.82) is 0 Å². The molecule has 0 bridgehead atoms. The van der Waals surface area contributed by atoms with Gasteiger partial charge in [-0.3, -0.25) is 9.69 Å². The maximum atomic E-state index is 12.1. The Morgan fingerprint density at radius 1 is 1.22 bits per heavy atom. The Balaban J connectivity index is 0.00000242. The van der Waals surface area contributed by atoms with Gasteiger partial charge < -0.3 is 15.4 Å². The zero-order valence-corrected chi connectivity index (χ0v) is 16.1. The number of halogens is 2. The monoisotopic (exact) mass is 369 g/mol. The number of nitrogens with zero attached hydrogens (tertiary/aromatic N) is 1. The van der Waals surface area contributed by atoms with Crippen LogP contribution < -0.4 is 10.6 Å². The molecule has 1 unspecified atom stereocenters. The molecule has 1 saturated carbocycles. The van der Waals surface area contributed by atoms with Crippen molar-refractivity contribution in [2.75, 3.05) is 39.9 Å². The van der Waals surface area contributed by atoms with E-state index >= 15 is 0 Å². The summed E-state index contributed by atoms with van der Waals surface area (Å²) in [5.74, 6) is 0.192. The highest BCUT2D eigenvalue weighted by Gasteiger charge is 2.44. The second-order valence-electron chi connectivity index (χ2n) is 6.41. The van der Waals surface area contributed by atoms with Crippen LogP contribution in [0, 0.1) is 0 Å². The van der Waals surface area contributed by atoms with Crippen LogP contribution >= 0.6 is 24.8 Å². The van der Waals surface area contributed by atoms with E-state index in [1.807, 2.05) is 7.05 Å². The number of morpholine rings is 1. The molecule has 0 aromatic rings. The Hall–Kier alpha value is -0.0700. The van der Waals surface area contributed by atoms with E-state index in [1.165, 1.54) is 25.7 Å². The molecule has 1 heterocycles. The van der Waals surface area contributed by atoms with Crippen LogP contribution in [-0.2, 0) is 9.53 Å². The van der Waals surface area contributed by atoms with Crippen molar-refractivity contribution in [3.8, 4) is 0 Å². The fourth-order valence-corrected chi connectivity index (χ4v) is 3.89. The predicted octanol–water partition coefficient (Wildman–Crippen LogP) is 1.98. The Bertz CT molecular complexity index is 333. The third-order valence-electron chi connectivity index (χ3n) is 5.12.